The van der Waals surface area contributed by atoms with E-state index in [1.165, 1.54) is 0 Å². The van der Waals surface area contributed by atoms with E-state index >= 15 is 0 Å². The Bertz CT molecular complexity index is 623. The molecule has 2 aromatic rings. The summed E-state index contributed by atoms with van der Waals surface area (Å²) in [4.78, 5) is 18.0. The number of ketones is 1. The topological polar surface area (TPSA) is 37.6 Å². The smallest absolute Gasteiger partial charge is 0.162 e. The lowest BCUT2D eigenvalue weighted by Gasteiger charge is -2.11. The SMILES string of the molecule is CC(=O)/C(=C\N(C)C)c1cc(C)cn2ccnc12. The van der Waals surface area contributed by atoms with Crippen molar-refractivity contribution in [2.45, 2.75) is 13.8 Å². The van der Waals surface area contributed by atoms with E-state index in [-0.39, 0.29) is 5.78 Å². The molecule has 94 valence electrons. The predicted octanol–water partition coefficient (Wildman–Crippen LogP) is 2.13. The first kappa shape index (κ1) is 12.4. The number of Topliss-reactive ketones (excluding diaryl/α,β-unsaturated/α-hetero) is 1. The van der Waals surface area contributed by atoms with Crippen molar-refractivity contribution >= 4 is 17.0 Å². The second-order valence-corrected chi connectivity index (χ2v) is 4.65. The average Bonchev–Trinajstić information content (AvgIpc) is 2.71. The number of fused-ring (bicyclic) bond motifs is 1. The Balaban J connectivity index is 2.71. The highest BCUT2D eigenvalue weighted by Crippen LogP contribution is 2.22. The molecule has 0 N–H and O–H groups in total. The van der Waals surface area contributed by atoms with Crippen LogP contribution in [-0.2, 0) is 4.79 Å². The molecule has 0 bridgehead atoms. The lowest BCUT2D eigenvalue weighted by Crippen LogP contribution is -2.08. The second kappa shape index (κ2) is 4.64. The minimum Gasteiger partial charge on any atom is -0.383 e. The Labute approximate surface area is 107 Å². The third-order valence-electron chi connectivity index (χ3n) is 2.68. The van der Waals surface area contributed by atoms with Crippen LogP contribution in [0.3, 0.4) is 0 Å². The molecule has 2 aromatic heterocycles. The van der Waals surface area contributed by atoms with Gasteiger partial charge < -0.3 is 9.30 Å². The van der Waals surface area contributed by atoms with Crippen molar-refractivity contribution in [3.63, 3.8) is 0 Å². The van der Waals surface area contributed by atoms with Crippen LogP contribution in [0.15, 0.2) is 30.9 Å². The number of hydrogen-bond acceptors (Lipinski definition) is 3. The number of hydrogen-bond donors (Lipinski definition) is 0. The van der Waals surface area contributed by atoms with E-state index < -0.39 is 0 Å². The van der Waals surface area contributed by atoms with Gasteiger partial charge in [-0.2, -0.15) is 0 Å². The van der Waals surface area contributed by atoms with Crippen LogP contribution in [0.2, 0.25) is 0 Å². The third-order valence-corrected chi connectivity index (χ3v) is 2.68. The molecule has 0 unspecified atom stereocenters. The van der Waals surface area contributed by atoms with E-state index in [4.69, 9.17) is 0 Å². The number of nitrogens with zero attached hydrogens (tertiary/aromatic N) is 3. The molecule has 0 atom stereocenters. The molecule has 2 rings (SSSR count). The first-order chi connectivity index (χ1) is 8.49. The van der Waals surface area contributed by atoms with Crippen molar-refractivity contribution in [3.05, 3.63) is 42.0 Å². The molecule has 0 radical (unpaired) electrons. The molecule has 0 amide bonds. The largest absolute Gasteiger partial charge is 0.383 e. The van der Waals surface area contributed by atoms with E-state index in [0.717, 1.165) is 16.8 Å². The molecule has 0 saturated heterocycles. The van der Waals surface area contributed by atoms with Gasteiger partial charge in [-0.1, -0.05) is 0 Å². The highest BCUT2D eigenvalue weighted by Gasteiger charge is 2.13. The lowest BCUT2D eigenvalue weighted by molar-refractivity contribution is -0.111. The van der Waals surface area contributed by atoms with Crippen molar-refractivity contribution < 1.29 is 4.79 Å². The zero-order valence-corrected chi connectivity index (χ0v) is 11.1. The molecule has 0 aromatic carbocycles. The maximum Gasteiger partial charge on any atom is 0.162 e. The number of aryl methyl sites for hydroxylation is 1. The van der Waals surface area contributed by atoms with Crippen molar-refractivity contribution in [3.8, 4) is 0 Å². The van der Waals surface area contributed by atoms with Gasteiger partial charge in [-0.3, -0.25) is 4.79 Å². The molecule has 2 heterocycles. The molecule has 0 aliphatic rings. The van der Waals surface area contributed by atoms with E-state index in [1.54, 1.807) is 13.1 Å². The van der Waals surface area contributed by atoms with Gasteiger partial charge in [0.1, 0.15) is 5.65 Å². The van der Waals surface area contributed by atoms with E-state index in [9.17, 15) is 4.79 Å². The summed E-state index contributed by atoms with van der Waals surface area (Å²) in [5.74, 6) is 0.0409. The highest BCUT2D eigenvalue weighted by molar-refractivity contribution is 6.21. The van der Waals surface area contributed by atoms with Crippen molar-refractivity contribution in [2.75, 3.05) is 14.1 Å². The molecule has 4 nitrogen and oxygen atoms in total. The maximum atomic E-state index is 11.8. The minimum absolute atomic E-state index is 0.0409. The lowest BCUT2D eigenvalue weighted by atomic mass is 10.0. The van der Waals surface area contributed by atoms with Crippen LogP contribution in [0.5, 0.6) is 0 Å². The summed E-state index contributed by atoms with van der Waals surface area (Å²) < 4.78 is 1.94. The third kappa shape index (κ3) is 2.27. The van der Waals surface area contributed by atoms with Crippen LogP contribution < -0.4 is 0 Å². The van der Waals surface area contributed by atoms with Gasteiger partial charge >= 0.3 is 0 Å². The first-order valence-electron chi connectivity index (χ1n) is 5.82. The number of rotatable bonds is 3. The zero-order chi connectivity index (χ0) is 13.3. The fourth-order valence-electron chi connectivity index (χ4n) is 1.98. The molecule has 0 aliphatic heterocycles. The molecule has 0 saturated carbocycles. The predicted molar refractivity (Wildman–Crippen MR) is 72.3 cm³/mol. The van der Waals surface area contributed by atoms with Crippen molar-refractivity contribution in [1.82, 2.24) is 14.3 Å². The number of imidazole rings is 1. The molecule has 4 heteroatoms. The Morgan fingerprint density at radius 3 is 2.78 bits per heavy atom. The number of carbonyl (C=O) groups excluding carboxylic acids is 1. The quantitative estimate of drug-likeness (QED) is 0.775. The van der Waals surface area contributed by atoms with E-state index in [2.05, 4.69) is 4.98 Å². The van der Waals surface area contributed by atoms with Crippen LogP contribution in [0.1, 0.15) is 18.1 Å². The Morgan fingerprint density at radius 2 is 2.17 bits per heavy atom. The summed E-state index contributed by atoms with van der Waals surface area (Å²) in [6, 6.07) is 2.00. The summed E-state index contributed by atoms with van der Waals surface area (Å²) in [6.45, 7) is 3.59. The minimum atomic E-state index is 0.0409. The van der Waals surface area contributed by atoms with Gasteiger partial charge in [0.15, 0.2) is 5.78 Å². The van der Waals surface area contributed by atoms with Gasteiger partial charge in [0.25, 0.3) is 0 Å². The highest BCUT2D eigenvalue weighted by atomic mass is 16.1. The second-order valence-electron chi connectivity index (χ2n) is 4.65. The van der Waals surface area contributed by atoms with Crippen LogP contribution in [0.4, 0.5) is 0 Å². The molecule has 0 spiro atoms. The normalized spacial score (nSPS) is 11.9. The van der Waals surface area contributed by atoms with Crippen LogP contribution in [0.25, 0.3) is 11.2 Å². The Kier molecular flexibility index (Phi) is 3.19. The fourth-order valence-corrected chi connectivity index (χ4v) is 1.98. The number of aromatic nitrogens is 2. The first-order valence-corrected chi connectivity index (χ1v) is 5.82. The van der Waals surface area contributed by atoms with Gasteiger partial charge in [-0.25, -0.2) is 4.98 Å². The Morgan fingerprint density at radius 1 is 1.44 bits per heavy atom. The van der Waals surface area contributed by atoms with Gasteiger partial charge in [-0.05, 0) is 25.5 Å². The van der Waals surface area contributed by atoms with Crippen LogP contribution in [0, 0.1) is 6.92 Å². The summed E-state index contributed by atoms with van der Waals surface area (Å²) >= 11 is 0. The average molecular weight is 243 g/mol. The number of carbonyl (C=O) groups is 1. The molecule has 0 fully saturated rings. The Hall–Kier alpha value is -2.10. The summed E-state index contributed by atoms with van der Waals surface area (Å²) in [6.07, 6.45) is 7.47. The molecular formula is C14H17N3O. The summed E-state index contributed by atoms with van der Waals surface area (Å²) in [7, 11) is 3.81. The van der Waals surface area contributed by atoms with Gasteiger partial charge in [0.05, 0.1) is 0 Å². The van der Waals surface area contributed by atoms with Gasteiger partial charge in [0, 0.05) is 50.0 Å². The van der Waals surface area contributed by atoms with Crippen molar-refractivity contribution in [2.24, 2.45) is 0 Å². The van der Waals surface area contributed by atoms with Crippen LogP contribution in [-0.4, -0.2) is 34.2 Å². The molecule has 18 heavy (non-hydrogen) atoms. The zero-order valence-electron chi connectivity index (χ0n) is 11.1. The number of allylic oxidation sites excluding steroid dienone is 1. The number of pyridine rings is 1. The van der Waals surface area contributed by atoms with E-state index in [0.29, 0.717) is 5.57 Å². The standard InChI is InChI=1S/C14H17N3O/c1-10-7-12(13(11(2)18)9-16(3)4)14-15-5-6-17(14)8-10/h5-9H,1-4H3/b13-9+. The fraction of sp³-hybridized carbons (Fsp3) is 0.286. The van der Waals surface area contributed by atoms with E-state index in [1.807, 2.05) is 55.0 Å². The van der Waals surface area contributed by atoms with Gasteiger partial charge in [0.2, 0.25) is 0 Å². The van der Waals surface area contributed by atoms with Crippen LogP contribution >= 0.6 is 0 Å². The summed E-state index contributed by atoms with van der Waals surface area (Å²) in [5.41, 5.74) is 3.46. The molecular weight excluding hydrogens is 226 g/mol. The molecule has 0 aliphatic carbocycles. The maximum absolute atomic E-state index is 11.8. The van der Waals surface area contributed by atoms with Crippen molar-refractivity contribution in [1.29, 1.82) is 0 Å². The van der Waals surface area contributed by atoms with Gasteiger partial charge in [-0.15, -0.1) is 0 Å². The monoisotopic (exact) mass is 243 g/mol. The summed E-state index contributed by atoms with van der Waals surface area (Å²) in [5, 5.41) is 0.